The van der Waals surface area contributed by atoms with E-state index in [2.05, 4.69) is 0 Å². The summed E-state index contributed by atoms with van der Waals surface area (Å²) in [4.78, 5) is 1.75. The highest BCUT2D eigenvalue weighted by atomic mass is 19.1. The quantitative estimate of drug-likeness (QED) is 0.630. The molecule has 2 rings (SSSR count). The standard InChI is InChI=1S/C8H13F2NO/c9-6-1-8(5-12)2-7(10)4-11(8)3-6/h6-7,12H,1-5H2/t6-,7?,8+/m1/s1. The van der Waals surface area contributed by atoms with Crippen LogP contribution in [0, 0.1) is 0 Å². The van der Waals surface area contributed by atoms with Gasteiger partial charge in [0.1, 0.15) is 12.3 Å². The molecule has 2 heterocycles. The third-order valence-electron chi connectivity index (χ3n) is 3.01. The van der Waals surface area contributed by atoms with Crippen molar-refractivity contribution in [2.45, 2.75) is 30.7 Å². The molecular weight excluding hydrogens is 164 g/mol. The molecule has 1 N–H and O–H groups in total. The van der Waals surface area contributed by atoms with Gasteiger partial charge in [0.25, 0.3) is 0 Å². The molecule has 2 saturated heterocycles. The summed E-state index contributed by atoms with van der Waals surface area (Å²) in [6, 6.07) is 0. The Labute approximate surface area is 70.2 Å². The SMILES string of the molecule is OC[C@]12CC(F)CN1C[C@H](F)C2. The predicted octanol–water partition coefficient (Wildman–Crippen LogP) is 0.503. The second kappa shape index (κ2) is 2.64. The zero-order valence-corrected chi connectivity index (χ0v) is 6.84. The molecular formula is C8H13F2NO. The van der Waals surface area contributed by atoms with Crippen molar-refractivity contribution in [1.82, 2.24) is 4.90 Å². The summed E-state index contributed by atoms with van der Waals surface area (Å²) in [6.07, 6.45) is -1.18. The first-order chi connectivity index (χ1) is 5.66. The first kappa shape index (κ1) is 8.38. The van der Waals surface area contributed by atoms with Crippen molar-refractivity contribution >= 4 is 0 Å². The van der Waals surface area contributed by atoms with E-state index in [1.54, 1.807) is 4.90 Å². The molecule has 0 aromatic carbocycles. The molecule has 2 aliphatic heterocycles. The Morgan fingerprint density at radius 2 is 1.75 bits per heavy atom. The molecule has 0 saturated carbocycles. The third-order valence-corrected chi connectivity index (χ3v) is 3.01. The molecule has 0 amide bonds. The maximum Gasteiger partial charge on any atom is 0.115 e. The zero-order valence-electron chi connectivity index (χ0n) is 6.84. The van der Waals surface area contributed by atoms with Crippen LogP contribution in [0.2, 0.25) is 0 Å². The van der Waals surface area contributed by atoms with Crippen molar-refractivity contribution < 1.29 is 13.9 Å². The van der Waals surface area contributed by atoms with Crippen LogP contribution in [-0.4, -0.2) is 47.6 Å². The fraction of sp³-hybridized carbons (Fsp3) is 1.00. The molecule has 3 atom stereocenters. The lowest BCUT2D eigenvalue weighted by atomic mass is 9.94. The minimum Gasteiger partial charge on any atom is -0.394 e. The van der Waals surface area contributed by atoms with Crippen LogP contribution in [0.5, 0.6) is 0 Å². The second-order valence-corrected chi connectivity index (χ2v) is 3.89. The van der Waals surface area contributed by atoms with Crippen molar-refractivity contribution in [3.63, 3.8) is 0 Å². The molecule has 12 heavy (non-hydrogen) atoms. The lowest BCUT2D eigenvalue weighted by Gasteiger charge is -2.28. The number of hydrogen-bond acceptors (Lipinski definition) is 2. The van der Waals surface area contributed by atoms with E-state index in [9.17, 15) is 8.78 Å². The van der Waals surface area contributed by atoms with Crippen LogP contribution in [0.4, 0.5) is 8.78 Å². The fourth-order valence-electron chi connectivity index (χ4n) is 2.46. The Kier molecular flexibility index (Phi) is 1.84. The van der Waals surface area contributed by atoms with Gasteiger partial charge in [0, 0.05) is 31.5 Å². The number of nitrogens with zero attached hydrogens (tertiary/aromatic N) is 1. The van der Waals surface area contributed by atoms with E-state index >= 15 is 0 Å². The van der Waals surface area contributed by atoms with Crippen LogP contribution < -0.4 is 0 Å². The Morgan fingerprint density at radius 3 is 2.08 bits per heavy atom. The Hall–Kier alpha value is -0.220. The van der Waals surface area contributed by atoms with Crippen molar-refractivity contribution in [2.24, 2.45) is 0 Å². The van der Waals surface area contributed by atoms with E-state index in [0.29, 0.717) is 25.9 Å². The number of aliphatic hydroxyl groups is 1. The Morgan fingerprint density at radius 1 is 1.25 bits per heavy atom. The molecule has 2 aliphatic rings. The normalized spacial score (nSPS) is 48.2. The highest BCUT2D eigenvalue weighted by molar-refractivity contribution is 5.06. The maximum absolute atomic E-state index is 12.9. The average Bonchev–Trinajstić information content (AvgIpc) is 2.40. The molecule has 1 unspecified atom stereocenters. The topological polar surface area (TPSA) is 23.5 Å². The molecule has 0 radical (unpaired) electrons. The first-order valence-corrected chi connectivity index (χ1v) is 4.30. The maximum atomic E-state index is 12.9. The predicted molar refractivity (Wildman–Crippen MR) is 40.4 cm³/mol. The smallest absolute Gasteiger partial charge is 0.115 e. The summed E-state index contributed by atoms with van der Waals surface area (Å²) in [5.41, 5.74) is -0.571. The zero-order chi connectivity index (χ0) is 8.77. The molecule has 2 nitrogen and oxygen atoms in total. The molecule has 0 aromatic rings. The molecule has 0 aliphatic carbocycles. The van der Waals surface area contributed by atoms with Crippen LogP contribution in [0.15, 0.2) is 0 Å². The van der Waals surface area contributed by atoms with E-state index in [-0.39, 0.29) is 6.61 Å². The first-order valence-electron chi connectivity index (χ1n) is 4.30. The van der Waals surface area contributed by atoms with E-state index in [1.165, 1.54) is 0 Å². The highest BCUT2D eigenvalue weighted by Gasteiger charge is 2.51. The van der Waals surface area contributed by atoms with Crippen LogP contribution in [0.1, 0.15) is 12.8 Å². The summed E-state index contributed by atoms with van der Waals surface area (Å²) in [5.74, 6) is 0. The molecule has 0 bridgehead atoms. The van der Waals surface area contributed by atoms with Crippen molar-refractivity contribution in [2.75, 3.05) is 19.7 Å². The van der Waals surface area contributed by atoms with E-state index < -0.39 is 17.9 Å². The van der Waals surface area contributed by atoms with Gasteiger partial charge in [-0.1, -0.05) is 0 Å². The molecule has 4 heteroatoms. The van der Waals surface area contributed by atoms with Gasteiger partial charge in [0.05, 0.1) is 6.61 Å². The van der Waals surface area contributed by atoms with Gasteiger partial charge in [-0.05, 0) is 0 Å². The van der Waals surface area contributed by atoms with Crippen LogP contribution in [0.3, 0.4) is 0 Å². The van der Waals surface area contributed by atoms with Gasteiger partial charge >= 0.3 is 0 Å². The summed E-state index contributed by atoms with van der Waals surface area (Å²) >= 11 is 0. The van der Waals surface area contributed by atoms with Crippen LogP contribution in [-0.2, 0) is 0 Å². The number of aliphatic hydroxyl groups excluding tert-OH is 1. The van der Waals surface area contributed by atoms with Crippen molar-refractivity contribution in [3.05, 3.63) is 0 Å². The van der Waals surface area contributed by atoms with Gasteiger partial charge in [-0.25, -0.2) is 8.78 Å². The Balaban J connectivity index is 2.16. The third kappa shape index (κ3) is 1.05. The van der Waals surface area contributed by atoms with Gasteiger partial charge in [0.2, 0.25) is 0 Å². The van der Waals surface area contributed by atoms with Crippen molar-refractivity contribution in [1.29, 1.82) is 0 Å². The fourth-order valence-corrected chi connectivity index (χ4v) is 2.46. The summed E-state index contributed by atoms with van der Waals surface area (Å²) in [5, 5.41) is 9.09. The number of hydrogen-bond donors (Lipinski definition) is 1. The van der Waals surface area contributed by atoms with E-state index in [1.807, 2.05) is 0 Å². The monoisotopic (exact) mass is 177 g/mol. The van der Waals surface area contributed by atoms with Gasteiger partial charge in [-0.2, -0.15) is 0 Å². The largest absolute Gasteiger partial charge is 0.394 e. The summed E-state index contributed by atoms with van der Waals surface area (Å²) < 4.78 is 25.9. The van der Waals surface area contributed by atoms with Crippen LogP contribution >= 0.6 is 0 Å². The lowest BCUT2D eigenvalue weighted by molar-refractivity contribution is 0.0993. The average molecular weight is 177 g/mol. The van der Waals surface area contributed by atoms with Gasteiger partial charge in [-0.15, -0.1) is 0 Å². The number of alkyl halides is 2. The summed E-state index contributed by atoms with van der Waals surface area (Å²) in [7, 11) is 0. The Bertz CT molecular complexity index is 174. The van der Waals surface area contributed by atoms with E-state index in [0.717, 1.165) is 0 Å². The van der Waals surface area contributed by atoms with Gasteiger partial charge < -0.3 is 5.11 Å². The lowest BCUT2D eigenvalue weighted by Crippen LogP contribution is -2.41. The number of halogens is 2. The van der Waals surface area contributed by atoms with Gasteiger partial charge in [-0.3, -0.25) is 4.90 Å². The molecule has 2 fully saturated rings. The van der Waals surface area contributed by atoms with Crippen molar-refractivity contribution in [3.8, 4) is 0 Å². The highest BCUT2D eigenvalue weighted by Crippen LogP contribution is 2.40. The van der Waals surface area contributed by atoms with E-state index in [4.69, 9.17) is 5.11 Å². The second-order valence-electron chi connectivity index (χ2n) is 3.89. The molecule has 0 spiro atoms. The minimum atomic E-state index is -0.885. The molecule has 0 aromatic heterocycles. The minimum absolute atomic E-state index is 0.117. The summed E-state index contributed by atoms with van der Waals surface area (Å²) in [6.45, 7) is 0.468. The number of rotatable bonds is 1. The van der Waals surface area contributed by atoms with Gasteiger partial charge in [0.15, 0.2) is 0 Å². The molecule has 70 valence electrons. The number of fused-ring (bicyclic) bond motifs is 1. The van der Waals surface area contributed by atoms with Crippen LogP contribution in [0.25, 0.3) is 0 Å².